The van der Waals surface area contributed by atoms with Gasteiger partial charge in [0.2, 0.25) is 5.88 Å². The molecule has 0 unspecified atom stereocenters. The smallest absolute Gasteiger partial charge is 0.205 e. The quantitative estimate of drug-likeness (QED) is 0.631. The third-order valence-electron chi connectivity index (χ3n) is 4.16. The predicted octanol–water partition coefficient (Wildman–Crippen LogP) is 4.01. The highest BCUT2D eigenvalue weighted by molar-refractivity contribution is 14.1. The Labute approximate surface area is 171 Å². The molecule has 0 radical (unpaired) electrons. The van der Waals surface area contributed by atoms with Crippen LogP contribution in [0.3, 0.4) is 0 Å². The van der Waals surface area contributed by atoms with E-state index in [9.17, 15) is 10.4 Å². The molecule has 1 atom stereocenters. The molecule has 0 saturated heterocycles. The first-order valence-corrected chi connectivity index (χ1v) is 9.57. The van der Waals surface area contributed by atoms with Gasteiger partial charge < -0.3 is 25.1 Å². The van der Waals surface area contributed by atoms with E-state index in [-0.39, 0.29) is 11.6 Å². The summed E-state index contributed by atoms with van der Waals surface area (Å²) in [7, 11) is 0. The molecule has 0 fully saturated rings. The van der Waals surface area contributed by atoms with Crippen LogP contribution in [0.25, 0.3) is 0 Å². The average Bonchev–Trinajstić information content (AvgIpc) is 2.63. The number of nitrogens with two attached hydrogens (primary N) is 1. The minimum Gasteiger partial charge on any atom is -0.508 e. The number of hydrogen-bond donors (Lipinski definition) is 2. The van der Waals surface area contributed by atoms with Crippen molar-refractivity contribution in [2.75, 3.05) is 13.2 Å². The molecule has 0 bridgehead atoms. The summed E-state index contributed by atoms with van der Waals surface area (Å²) in [5.74, 6) is 1.39. The zero-order chi connectivity index (χ0) is 19.6. The van der Waals surface area contributed by atoms with Crippen molar-refractivity contribution in [2.45, 2.75) is 19.8 Å². The van der Waals surface area contributed by atoms with Crippen LogP contribution in [0, 0.1) is 14.9 Å². The van der Waals surface area contributed by atoms with Crippen LogP contribution in [0.4, 0.5) is 0 Å². The Morgan fingerprint density at radius 3 is 2.63 bits per heavy atom. The van der Waals surface area contributed by atoms with Gasteiger partial charge in [-0.3, -0.25) is 0 Å². The van der Waals surface area contributed by atoms with E-state index >= 15 is 0 Å². The molecule has 27 heavy (non-hydrogen) atoms. The molecule has 7 heteroatoms. The monoisotopic (exact) mass is 478 g/mol. The summed E-state index contributed by atoms with van der Waals surface area (Å²) in [6.07, 6.45) is 0. The van der Waals surface area contributed by atoms with Gasteiger partial charge in [-0.25, -0.2) is 0 Å². The van der Waals surface area contributed by atoms with E-state index in [4.69, 9.17) is 19.9 Å². The van der Waals surface area contributed by atoms with Gasteiger partial charge in [0.05, 0.1) is 22.7 Å². The Morgan fingerprint density at radius 1 is 1.22 bits per heavy atom. The fourth-order valence-corrected chi connectivity index (χ4v) is 3.87. The number of benzene rings is 2. The maximum atomic E-state index is 9.77. The van der Waals surface area contributed by atoms with E-state index in [0.29, 0.717) is 36.0 Å². The number of fused-ring (bicyclic) bond motifs is 1. The number of nitrogens with zero attached hydrogens (tertiary/aromatic N) is 1. The van der Waals surface area contributed by atoms with Crippen LogP contribution < -0.4 is 19.9 Å². The molecule has 0 amide bonds. The number of nitriles is 1. The van der Waals surface area contributed by atoms with Crippen molar-refractivity contribution in [1.82, 2.24) is 0 Å². The first-order valence-electron chi connectivity index (χ1n) is 8.49. The van der Waals surface area contributed by atoms with Gasteiger partial charge in [-0.15, -0.1) is 0 Å². The highest BCUT2D eigenvalue weighted by atomic mass is 127. The Hall–Kier alpha value is -2.60. The fraction of sp³-hybridized carbons (Fsp3) is 0.250. The molecule has 0 aliphatic carbocycles. The van der Waals surface area contributed by atoms with E-state index < -0.39 is 5.92 Å². The van der Waals surface area contributed by atoms with Crippen LogP contribution in [-0.2, 0) is 0 Å². The first-order chi connectivity index (χ1) is 13.0. The topological polar surface area (TPSA) is 97.7 Å². The number of halogens is 1. The summed E-state index contributed by atoms with van der Waals surface area (Å²) in [6.45, 7) is 4.82. The SMILES string of the molecule is CCOc1cc([C@H]2C(C#N)=C(N)Oc3cc(O)ccc32)cc(I)c1OCC. The molecule has 6 nitrogen and oxygen atoms in total. The largest absolute Gasteiger partial charge is 0.508 e. The van der Waals surface area contributed by atoms with Crippen LogP contribution in [0.15, 0.2) is 41.8 Å². The number of aromatic hydroxyl groups is 1. The van der Waals surface area contributed by atoms with E-state index in [1.807, 2.05) is 26.0 Å². The second kappa shape index (κ2) is 7.96. The van der Waals surface area contributed by atoms with Gasteiger partial charge in [0.15, 0.2) is 11.5 Å². The van der Waals surface area contributed by atoms with Crippen molar-refractivity contribution < 1.29 is 19.3 Å². The lowest BCUT2D eigenvalue weighted by Gasteiger charge is -2.27. The molecule has 1 heterocycles. The third kappa shape index (κ3) is 3.62. The summed E-state index contributed by atoms with van der Waals surface area (Å²) in [6, 6.07) is 10.8. The van der Waals surface area contributed by atoms with Gasteiger partial charge in [0.1, 0.15) is 23.1 Å². The van der Waals surface area contributed by atoms with Gasteiger partial charge in [-0.1, -0.05) is 6.07 Å². The Balaban J connectivity index is 2.21. The number of hydrogen-bond acceptors (Lipinski definition) is 6. The molecule has 3 rings (SSSR count). The van der Waals surface area contributed by atoms with Crippen LogP contribution >= 0.6 is 22.6 Å². The standard InChI is InChI=1S/C20H19IN2O4/c1-3-25-17-8-11(7-15(21)19(17)26-4-2)18-13-6-5-12(24)9-16(13)27-20(23)14(18)10-22/h5-9,18,24H,3-4,23H2,1-2H3/t18-/m1/s1. The molecule has 0 saturated carbocycles. The highest BCUT2D eigenvalue weighted by Gasteiger charge is 2.32. The van der Waals surface area contributed by atoms with Gasteiger partial charge in [-0.2, -0.15) is 5.26 Å². The first kappa shape index (κ1) is 19.2. The number of rotatable bonds is 5. The highest BCUT2D eigenvalue weighted by Crippen LogP contribution is 2.46. The van der Waals surface area contributed by atoms with Crippen molar-refractivity contribution in [1.29, 1.82) is 5.26 Å². The molecule has 0 aromatic heterocycles. The number of phenols is 1. The van der Waals surface area contributed by atoms with Gasteiger partial charge in [0, 0.05) is 11.6 Å². The lowest BCUT2D eigenvalue weighted by Crippen LogP contribution is -2.21. The Kier molecular flexibility index (Phi) is 5.65. The van der Waals surface area contributed by atoms with Crippen molar-refractivity contribution in [3.05, 3.63) is 56.5 Å². The van der Waals surface area contributed by atoms with E-state index in [1.165, 1.54) is 6.07 Å². The summed E-state index contributed by atoms with van der Waals surface area (Å²) < 4.78 is 17.9. The molecular formula is C20H19IN2O4. The normalized spacial score (nSPS) is 15.6. The van der Waals surface area contributed by atoms with Crippen LogP contribution in [0.2, 0.25) is 0 Å². The fourth-order valence-electron chi connectivity index (χ4n) is 3.09. The molecule has 0 spiro atoms. The lowest BCUT2D eigenvalue weighted by molar-refractivity contribution is 0.285. The van der Waals surface area contributed by atoms with E-state index in [1.54, 1.807) is 12.1 Å². The van der Waals surface area contributed by atoms with E-state index in [2.05, 4.69) is 28.7 Å². The maximum absolute atomic E-state index is 9.77. The van der Waals surface area contributed by atoms with Crippen LogP contribution in [-0.4, -0.2) is 18.3 Å². The third-order valence-corrected chi connectivity index (χ3v) is 4.96. The summed E-state index contributed by atoms with van der Waals surface area (Å²) in [5.41, 5.74) is 7.89. The molecular weight excluding hydrogens is 459 g/mol. The predicted molar refractivity (Wildman–Crippen MR) is 109 cm³/mol. The second-order valence-electron chi connectivity index (χ2n) is 5.84. The minimum atomic E-state index is -0.428. The maximum Gasteiger partial charge on any atom is 0.205 e. The molecule has 2 aromatic carbocycles. The molecule has 3 N–H and O–H groups in total. The van der Waals surface area contributed by atoms with Gasteiger partial charge >= 0.3 is 0 Å². The van der Waals surface area contributed by atoms with Gasteiger partial charge in [-0.05, 0) is 60.2 Å². The molecule has 2 aromatic rings. The molecule has 140 valence electrons. The number of ether oxygens (including phenoxy) is 3. The minimum absolute atomic E-state index is 0.0300. The lowest BCUT2D eigenvalue weighted by atomic mass is 9.83. The summed E-state index contributed by atoms with van der Waals surface area (Å²) in [5, 5.41) is 19.4. The van der Waals surface area contributed by atoms with Crippen LogP contribution in [0.1, 0.15) is 30.9 Å². The van der Waals surface area contributed by atoms with E-state index in [0.717, 1.165) is 14.7 Å². The van der Waals surface area contributed by atoms with Crippen molar-refractivity contribution in [2.24, 2.45) is 5.73 Å². The molecule has 1 aliphatic rings. The Morgan fingerprint density at radius 2 is 1.96 bits per heavy atom. The summed E-state index contributed by atoms with van der Waals surface area (Å²) in [4.78, 5) is 0. The Bertz CT molecular complexity index is 950. The zero-order valence-corrected chi connectivity index (χ0v) is 17.1. The molecule has 1 aliphatic heterocycles. The van der Waals surface area contributed by atoms with Crippen LogP contribution in [0.5, 0.6) is 23.0 Å². The van der Waals surface area contributed by atoms with Crippen molar-refractivity contribution >= 4 is 22.6 Å². The zero-order valence-electron chi connectivity index (χ0n) is 15.0. The van der Waals surface area contributed by atoms with Gasteiger partial charge in [0.25, 0.3) is 0 Å². The average molecular weight is 478 g/mol. The second-order valence-corrected chi connectivity index (χ2v) is 7.01. The number of phenolic OH excluding ortho intramolecular Hbond substituents is 1. The number of allylic oxidation sites excluding steroid dienone is 1. The van der Waals surface area contributed by atoms with Crippen molar-refractivity contribution in [3.8, 4) is 29.1 Å². The summed E-state index contributed by atoms with van der Waals surface area (Å²) >= 11 is 2.19. The van der Waals surface area contributed by atoms with Crippen molar-refractivity contribution in [3.63, 3.8) is 0 Å².